The summed E-state index contributed by atoms with van der Waals surface area (Å²) in [7, 11) is 4.02. The van der Waals surface area contributed by atoms with Crippen molar-refractivity contribution in [2.45, 2.75) is 33.2 Å². The highest BCUT2D eigenvalue weighted by molar-refractivity contribution is 9.10. The topological polar surface area (TPSA) is 29.9 Å². The van der Waals surface area contributed by atoms with Gasteiger partial charge in [-0.2, -0.15) is 5.10 Å². The van der Waals surface area contributed by atoms with E-state index in [-0.39, 0.29) is 0 Å². The average molecular weight is 336 g/mol. The number of hydrogen-bond donors (Lipinski definition) is 1. The number of likely N-dealkylation sites (N-methyl/N-ethyl adjacent to an activating group) is 1. The monoisotopic (exact) mass is 335 g/mol. The van der Waals surface area contributed by atoms with Crippen molar-refractivity contribution < 1.29 is 0 Å². The Labute approximate surface area is 129 Å². The summed E-state index contributed by atoms with van der Waals surface area (Å²) in [6, 6.07) is 6.93. The zero-order chi connectivity index (χ0) is 14.9. The van der Waals surface area contributed by atoms with E-state index < -0.39 is 0 Å². The Bertz CT molecular complexity index is 616. The molecule has 0 spiro atoms. The van der Waals surface area contributed by atoms with Crippen molar-refractivity contribution in [2.75, 3.05) is 7.05 Å². The van der Waals surface area contributed by atoms with E-state index >= 15 is 0 Å². The molecule has 0 aliphatic rings. The summed E-state index contributed by atoms with van der Waals surface area (Å²) >= 11 is 3.65. The van der Waals surface area contributed by atoms with Crippen LogP contribution in [-0.4, -0.2) is 16.8 Å². The number of benzene rings is 1. The number of rotatable bonds is 4. The van der Waals surface area contributed by atoms with Crippen LogP contribution in [0.4, 0.5) is 0 Å². The number of aryl methyl sites for hydroxylation is 4. The van der Waals surface area contributed by atoms with Gasteiger partial charge in [-0.3, -0.25) is 4.68 Å². The Morgan fingerprint density at radius 2 is 2.00 bits per heavy atom. The molecule has 3 nitrogen and oxygen atoms in total. The van der Waals surface area contributed by atoms with E-state index in [1.165, 1.54) is 22.4 Å². The van der Waals surface area contributed by atoms with Crippen LogP contribution in [0, 0.1) is 20.8 Å². The Morgan fingerprint density at radius 3 is 2.50 bits per heavy atom. The maximum Gasteiger partial charge on any atom is 0.0738 e. The highest BCUT2D eigenvalue weighted by Gasteiger charge is 2.18. The molecule has 0 fully saturated rings. The van der Waals surface area contributed by atoms with Crippen molar-refractivity contribution in [3.8, 4) is 0 Å². The summed E-state index contributed by atoms with van der Waals surface area (Å²) < 4.78 is 3.08. The first-order valence-corrected chi connectivity index (χ1v) is 7.65. The van der Waals surface area contributed by atoms with Gasteiger partial charge in [-0.25, -0.2) is 0 Å². The van der Waals surface area contributed by atoms with Crippen LogP contribution < -0.4 is 5.32 Å². The predicted molar refractivity (Wildman–Crippen MR) is 87.1 cm³/mol. The smallest absolute Gasteiger partial charge is 0.0738 e. The Morgan fingerprint density at radius 1 is 1.30 bits per heavy atom. The van der Waals surface area contributed by atoms with Gasteiger partial charge in [0.2, 0.25) is 0 Å². The number of halogens is 1. The van der Waals surface area contributed by atoms with Crippen molar-refractivity contribution in [3.63, 3.8) is 0 Å². The van der Waals surface area contributed by atoms with Gasteiger partial charge in [0.1, 0.15) is 0 Å². The van der Waals surface area contributed by atoms with Gasteiger partial charge >= 0.3 is 0 Å². The third-order valence-corrected chi connectivity index (χ3v) is 4.84. The zero-order valence-corrected chi connectivity index (χ0v) is 14.4. The van der Waals surface area contributed by atoms with Crippen LogP contribution in [0.2, 0.25) is 0 Å². The molecule has 0 radical (unpaired) electrons. The van der Waals surface area contributed by atoms with Crippen molar-refractivity contribution >= 4 is 15.9 Å². The summed E-state index contributed by atoms with van der Waals surface area (Å²) in [6.45, 7) is 6.33. The third kappa shape index (κ3) is 2.96. The van der Waals surface area contributed by atoms with E-state index in [0.29, 0.717) is 6.04 Å². The van der Waals surface area contributed by atoms with E-state index in [1.54, 1.807) is 0 Å². The minimum Gasteiger partial charge on any atom is -0.313 e. The highest BCUT2D eigenvalue weighted by Crippen LogP contribution is 2.27. The molecule has 108 valence electrons. The third-order valence-electron chi connectivity index (χ3n) is 3.81. The van der Waals surface area contributed by atoms with Gasteiger partial charge in [0.05, 0.1) is 15.9 Å². The molecule has 0 saturated heterocycles. The average Bonchev–Trinajstić information content (AvgIpc) is 2.62. The Kier molecular flexibility index (Phi) is 4.66. The molecule has 2 aromatic rings. The summed E-state index contributed by atoms with van der Waals surface area (Å²) in [5.41, 5.74) is 6.25. The fourth-order valence-corrected chi connectivity index (χ4v) is 3.18. The molecule has 1 aromatic heterocycles. The SMILES string of the molecule is CNC(Cc1c(Br)c(C)nn1C)c1ccc(C)cc1C. The number of aromatic nitrogens is 2. The largest absolute Gasteiger partial charge is 0.313 e. The number of nitrogens with zero attached hydrogens (tertiary/aromatic N) is 2. The van der Waals surface area contributed by atoms with Crippen molar-refractivity contribution in [3.05, 3.63) is 50.8 Å². The quantitative estimate of drug-likeness (QED) is 0.924. The fraction of sp³-hybridized carbons (Fsp3) is 0.438. The van der Waals surface area contributed by atoms with Gasteiger partial charge in [-0.1, -0.05) is 23.8 Å². The van der Waals surface area contributed by atoms with Crippen molar-refractivity contribution in [1.82, 2.24) is 15.1 Å². The molecule has 1 heterocycles. The fourth-order valence-electron chi connectivity index (χ4n) is 2.68. The first-order valence-electron chi connectivity index (χ1n) is 6.86. The van der Waals surface area contributed by atoms with Gasteiger partial charge in [0.15, 0.2) is 0 Å². The Hall–Kier alpha value is -1.13. The maximum atomic E-state index is 4.47. The molecule has 4 heteroatoms. The van der Waals surface area contributed by atoms with Crippen LogP contribution in [0.1, 0.15) is 34.1 Å². The highest BCUT2D eigenvalue weighted by atomic mass is 79.9. The first-order chi connectivity index (χ1) is 9.43. The van der Waals surface area contributed by atoms with Crippen LogP contribution in [0.5, 0.6) is 0 Å². The molecule has 0 aliphatic heterocycles. The van der Waals surface area contributed by atoms with Crippen molar-refractivity contribution in [2.24, 2.45) is 7.05 Å². The summed E-state index contributed by atoms with van der Waals surface area (Å²) in [4.78, 5) is 0. The van der Waals surface area contributed by atoms with Gasteiger partial charge in [0.25, 0.3) is 0 Å². The second-order valence-electron chi connectivity index (χ2n) is 5.38. The van der Waals surface area contributed by atoms with Crippen LogP contribution >= 0.6 is 15.9 Å². The molecule has 0 amide bonds. The second kappa shape index (κ2) is 6.10. The van der Waals surface area contributed by atoms with Gasteiger partial charge < -0.3 is 5.32 Å². The lowest BCUT2D eigenvalue weighted by atomic mass is 9.96. The maximum absolute atomic E-state index is 4.47. The molecule has 0 aliphatic carbocycles. The van der Waals surface area contributed by atoms with Gasteiger partial charge in [0, 0.05) is 19.5 Å². The summed E-state index contributed by atoms with van der Waals surface area (Å²) in [6.07, 6.45) is 0.915. The normalized spacial score (nSPS) is 12.7. The van der Waals surface area contributed by atoms with Crippen LogP contribution in [0.3, 0.4) is 0 Å². The second-order valence-corrected chi connectivity index (χ2v) is 6.17. The van der Waals surface area contributed by atoms with Gasteiger partial charge in [-0.05, 0) is 54.9 Å². The summed E-state index contributed by atoms with van der Waals surface area (Å²) in [5.74, 6) is 0. The molecule has 1 N–H and O–H groups in total. The number of hydrogen-bond acceptors (Lipinski definition) is 2. The Balaban J connectivity index is 2.33. The van der Waals surface area contributed by atoms with Crippen LogP contribution in [0.25, 0.3) is 0 Å². The minimum absolute atomic E-state index is 0.293. The van der Waals surface area contributed by atoms with Crippen LogP contribution in [0.15, 0.2) is 22.7 Å². The molecule has 20 heavy (non-hydrogen) atoms. The molecule has 1 aromatic carbocycles. The lowest BCUT2D eigenvalue weighted by Gasteiger charge is -2.19. The molecular weight excluding hydrogens is 314 g/mol. The predicted octanol–water partition coefficient (Wildman–Crippen LogP) is 3.61. The van der Waals surface area contributed by atoms with E-state index in [4.69, 9.17) is 0 Å². The lowest BCUT2D eigenvalue weighted by Crippen LogP contribution is -2.21. The van der Waals surface area contributed by atoms with E-state index in [9.17, 15) is 0 Å². The first kappa shape index (κ1) is 15.3. The van der Waals surface area contributed by atoms with E-state index in [1.807, 2.05) is 25.7 Å². The lowest BCUT2D eigenvalue weighted by molar-refractivity contribution is 0.558. The van der Waals surface area contributed by atoms with Gasteiger partial charge in [-0.15, -0.1) is 0 Å². The molecule has 2 rings (SSSR count). The molecule has 1 atom stereocenters. The zero-order valence-electron chi connectivity index (χ0n) is 12.8. The van der Waals surface area contributed by atoms with E-state index in [0.717, 1.165) is 16.6 Å². The molecule has 0 bridgehead atoms. The summed E-state index contributed by atoms with van der Waals surface area (Å²) in [5, 5.41) is 7.90. The minimum atomic E-state index is 0.293. The molecular formula is C16H22BrN3. The molecule has 1 unspecified atom stereocenters. The molecule has 0 saturated carbocycles. The van der Waals surface area contributed by atoms with Crippen LogP contribution in [-0.2, 0) is 13.5 Å². The van der Waals surface area contributed by atoms with E-state index in [2.05, 4.69) is 58.4 Å². The van der Waals surface area contributed by atoms with Crippen molar-refractivity contribution in [1.29, 1.82) is 0 Å². The number of nitrogens with one attached hydrogen (secondary N) is 1. The standard InChI is InChI=1S/C16H22BrN3/c1-10-6-7-13(11(2)8-10)14(18-4)9-15-16(17)12(3)19-20(15)5/h6-8,14,18H,9H2,1-5H3.